The Morgan fingerprint density at radius 2 is 1.68 bits per heavy atom. The van der Waals surface area contributed by atoms with Crippen molar-refractivity contribution in [2.75, 3.05) is 0 Å². The summed E-state index contributed by atoms with van der Waals surface area (Å²) in [6, 6.07) is 15.2. The van der Waals surface area contributed by atoms with E-state index in [1.807, 2.05) is 42.5 Å². The number of nitrogens with one attached hydrogen (secondary N) is 1. The van der Waals surface area contributed by atoms with Crippen LogP contribution in [-0.2, 0) is 0 Å². The van der Waals surface area contributed by atoms with E-state index in [0.29, 0.717) is 10.3 Å². The number of para-hydroxylation sites is 1. The number of benzene rings is 2. The zero-order valence-electron chi connectivity index (χ0n) is 9.85. The molecule has 0 saturated heterocycles. The smallest absolute Gasteiger partial charge is 0.203 e. The van der Waals surface area contributed by atoms with Gasteiger partial charge in [0.25, 0.3) is 0 Å². The summed E-state index contributed by atoms with van der Waals surface area (Å²) >= 11 is 7.77. The summed E-state index contributed by atoms with van der Waals surface area (Å²) in [6.07, 6.45) is 0. The van der Waals surface area contributed by atoms with Gasteiger partial charge >= 0.3 is 0 Å². The maximum absolute atomic E-state index is 12.3. The quantitative estimate of drug-likeness (QED) is 0.642. The number of thiol groups is 1. The van der Waals surface area contributed by atoms with Gasteiger partial charge in [0.2, 0.25) is 5.43 Å². The van der Waals surface area contributed by atoms with Crippen molar-refractivity contribution < 1.29 is 0 Å². The highest BCUT2D eigenvalue weighted by atomic mass is 79.9. The van der Waals surface area contributed by atoms with E-state index in [1.54, 1.807) is 6.07 Å². The molecule has 0 saturated carbocycles. The molecule has 0 aliphatic carbocycles. The monoisotopic (exact) mass is 331 g/mol. The first kappa shape index (κ1) is 12.5. The molecule has 1 heterocycles. The molecule has 0 amide bonds. The van der Waals surface area contributed by atoms with E-state index in [4.69, 9.17) is 0 Å². The van der Waals surface area contributed by atoms with Crippen molar-refractivity contribution in [3.8, 4) is 11.3 Å². The molecule has 0 spiro atoms. The van der Waals surface area contributed by atoms with E-state index in [2.05, 4.69) is 33.5 Å². The highest BCUT2D eigenvalue weighted by Gasteiger charge is 2.10. The third kappa shape index (κ3) is 2.22. The average molecular weight is 332 g/mol. The maximum atomic E-state index is 12.3. The Kier molecular flexibility index (Phi) is 3.21. The van der Waals surface area contributed by atoms with Gasteiger partial charge < -0.3 is 4.98 Å². The number of hydrogen-bond acceptors (Lipinski definition) is 2. The molecule has 0 aliphatic rings. The van der Waals surface area contributed by atoms with Crippen LogP contribution < -0.4 is 5.43 Å². The van der Waals surface area contributed by atoms with Crippen LogP contribution in [0.25, 0.3) is 22.2 Å². The van der Waals surface area contributed by atoms with Gasteiger partial charge in [-0.3, -0.25) is 4.79 Å². The number of halogens is 1. The lowest BCUT2D eigenvalue weighted by molar-refractivity contribution is 1.27. The minimum Gasteiger partial charge on any atom is -0.353 e. The maximum Gasteiger partial charge on any atom is 0.203 e. The highest BCUT2D eigenvalue weighted by Crippen LogP contribution is 2.25. The number of rotatable bonds is 1. The van der Waals surface area contributed by atoms with Crippen LogP contribution in [0.15, 0.2) is 62.7 Å². The second kappa shape index (κ2) is 4.87. The fourth-order valence-electron chi connectivity index (χ4n) is 2.05. The van der Waals surface area contributed by atoms with Gasteiger partial charge in [0, 0.05) is 15.4 Å². The molecule has 2 aromatic carbocycles. The van der Waals surface area contributed by atoms with Crippen LogP contribution in [0.5, 0.6) is 0 Å². The first-order valence-corrected chi connectivity index (χ1v) is 7.01. The van der Waals surface area contributed by atoms with Gasteiger partial charge in [-0.05, 0) is 29.8 Å². The predicted molar refractivity (Wildman–Crippen MR) is 85.0 cm³/mol. The van der Waals surface area contributed by atoms with Gasteiger partial charge in [-0.1, -0.05) is 40.2 Å². The van der Waals surface area contributed by atoms with Crippen LogP contribution in [0.2, 0.25) is 0 Å². The predicted octanol–water partition coefficient (Wildman–Crippen LogP) is 4.25. The zero-order valence-corrected chi connectivity index (χ0v) is 12.3. The van der Waals surface area contributed by atoms with E-state index in [1.165, 1.54) is 0 Å². The molecule has 0 unspecified atom stereocenters. The molecule has 0 radical (unpaired) electrons. The van der Waals surface area contributed by atoms with E-state index in [-0.39, 0.29) is 5.43 Å². The largest absolute Gasteiger partial charge is 0.353 e. The van der Waals surface area contributed by atoms with Crippen molar-refractivity contribution >= 4 is 39.5 Å². The molecule has 1 N–H and O–H groups in total. The molecular weight excluding hydrogens is 322 g/mol. The Morgan fingerprint density at radius 3 is 2.42 bits per heavy atom. The van der Waals surface area contributed by atoms with Crippen LogP contribution in [0.1, 0.15) is 0 Å². The van der Waals surface area contributed by atoms with Gasteiger partial charge in [0.1, 0.15) is 0 Å². The summed E-state index contributed by atoms with van der Waals surface area (Å²) in [7, 11) is 0. The summed E-state index contributed by atoms with van der Waals surface area (Å²) in [5.74, 6) is 0. The normalized spacial score (nSPS) is 10.8. The lowest BCUT2D eigenvalue weighted by Gasteiger charge is -2.08. The molecule has 3 rings (SSSR count). The van der Waals surface area contributed by atoms with Crippen LogP contribution in [0.4, 0.5) is 0 Å². The second-order valence-electron chi connectivity index (χ2n) is 4.23. The molecule has 0 bridgehead atoms. The van der Waals surface area contributed by atoms with Crippen molar-refractivity contribution in [1.82, 2.24) is 4.98 Å². The first-order valence-electron chi connectivity index (χ1n) is 5.77. The van der Waals surface area contributed by atoms with E-state index < -0.39 is 0 Å². The molecule has 2 nitrogen and oxygen atoms in total. The standard InChI is InChI=1S/C15H10BrNOS/c16-10-7-5-9(6-8-10)13-15(19)14(18)11-3-1-2-4-12(11)17-13/h1-8,19H,(H,17,18). The molecule has 19 heavy (non-hydrogen) atoms. The van der Waals surface area contributed by atoms with E-state index in [0.717, 1.165) is 21.2 Å². The Labute approximate surface area is 124 Å². The second-order valence-corrected chi connectivity index (χ2v) is 5.59. The van der Waals surface area contributed by atoms with Crippen LogP contribution in [0, 0.1) is 0 Å². The fraction of sp³-hybridized carbons (Fsp3) is 0. The lowest BCUT2D eigenvalue weighted by Crippen LogP contribution is -2.06. The molecule has 0 aliphatic heterocycles. The van der Waals surface area contributed by atoms with E-state index in [9.17, 15) is 4.79 Å². The van der Waals surface area contributed by atoms with Crippen molar-refractivity contribution in [2.45, 2.75) is 4.90 Å². The molecule has 3 aromatic rings. The number of pyridine rings is 1. The lowest BCUT2D eigenvalue weighted by atomic mass is 10.1. The number of hydrogen-bond donors (Lipinski definition) is 2. The van der Waals surface area contributed by atoms with Gasteiger partial charge in [-0.2, -0.15) is 0 Å². The molecule has 4 heteroatoms. The van der Waals surface area contributed by atoms with Crippen molar-refractivity contribution in [3.05, 3.63) is 63.2 Å². The summed E-state index contributed by atoms with van der Waals surface area (Å²) in [6.45, 7) is 0. The molecule has 0 atom stereocenters. The summed E-state index contributed by atoms with van der Waals surface area (Å²) in [5, 5.41) is 0.661. The minimum absolute atomic E-state index is 0.0457. The van der Waals surface area contributed by atoms with Crippen LogP contribution in [0.3, 0.4) is 0 Å². The summed E-state index contributed by atoms with van der Waals surface area (Å²) in [5.41, 5.74) is 2.47. The molecule has 0 fully saturated rings. The van der Waals surface area contributed by atoms with Crippen LogP contribution >= 0.6 is 28.6 Å². The summed E-state index contributed by atoms with van der Waals surface area (Å²) in [4.78, 5) is 16.0. The van der Waals surface area contributed by atoms with Gasteiger partial charge in [0.05, 0.1) is 10.6 Å². The number of fused-ring (bicyclic) bond motifs is 1. The average Bonchev–Trinajstić information content (AvgIpc) is 2.44. The number of aromatic amines is 1. The fourth-order valence-corrected chi connectivity index (χ4v) is 2.62. The zero-order chi connectivity index (χ0) is 13.4. The van der Waals surface area contributed by atoms with Crippen molar-refractivity contribution in [1.29, 1.82) is 0 Å². The first-order chi connectivity index (χ1) is 9.16. The molecule has 1 aromatic heterocycles. The van der Waals surface area contributed by atoms with Crippen molar-refractivity contribution in [2.24, 2.45) is 0 Å². The number of aromatic nitrogens is 1. The third-order valence-electron chi connectivity index (χ3n) is 3.02. The molecular formula is C15H10BrNOS. The Morgan fingerprint density at radius 1 is 1.00 bits per heavy atom. The Hall–Kier alpha value is -1.52. The SMILES string of the molecule is O=c1c(S)c(-c2ccc(Br)cc2)[nH]c2ccccc12. The van der Waals surface area contributed by atoms with Crippen molar-refractivity contribution in [3.63, 3.8) is 0 Å². The Balaban J connectivity index is 2.33. The summed E-state index contributed by atoms with van der Waals surface area (Å²) < 4.78 is 1.00. The van der Waals surface area contributed by atoms with Gasteiger partial charge in [-0.15, -0.1) is 12.6 Å². The third-order valence-corrected chi connectivity index (χ3v) is 3.97. The van der Waals surface area contributed by atoms with Gasteiger partial charge in [-0.25, -0.2) is 0 Å². The Bertz CT molecular complexity index is 808. The topological polar surface area (TPSA) is 32.9 Å². The van der Waals surface area contributed by atoms with Gasteiger partial charge in [0.15, 0.2) is 0 Å². The van der Waals surface area contributed by atoms with E-state index >= 15 is 0 Å². The molecule has 94 valence electrons. The van der Waals surface area contributed by atoms with Crippen LogP contribution in [-0.4, -0.2) is 4.98 Å². The highest BCUT2D eigenvalue weighted by molar-refractivity contribution is 9.10. The minimum atomic E-state index is -0.0457. The number of H-pyrrole nitrogens is 1.